The molecule has 0 aromatic heterocycles. The second-order valence-electron chi connectivity index (χ2n) is 3.22. The van der Waals surface area contributed by atoms with Crippen LogP contribution in [0.15, 0.2) is 36.9 Å². The van der Waals surface area contributed by atoms with E-state index in [0.717, 1.165) is 5.56 Å². The maximum atomic E-state index is 12.6. The SMILES string of the molecule is C=CCNC(=O)CCc1ccc(F)cc1. The standard InChI is InChI=1S/C12H14FNO/c1-2-9-14-12(15)8-5-10-3-6-11(13)7-4-10/h2-4,6-7H,1,5,8-9H2,(H,14,15). The van der Waals surface area contributed by atoms with Crippen LogP contribution < -0.4 is 5.32 Å². The number of hydrogen-bond donors (Lipinski definition) is 1. The molecule has 1 amide bonds. The fourth-order valence-corrected chi connectivity index (χ4v) is 1.18. The van der Waals surface area contributed by atoms with Gasteiger partial charge < -0.3 is 5.32 Å². The fourth-order valence-electron chi connectivity index (χ4n) is 1.18. The minimum atomic E-state index is -0.255. The van der Waals surface area contributed by atoms with Crippen LogP contribution in [0.1, 0.15) is 12.0 Å². The molecule has 0 bridgehead atoms. The minimum Gasteiger partial charge on any atom is -0.353 e. The van der Waals surface area contributed by atoms with Gasteiger partial charge in [-0.2, -0.15) is 0 Å². The van der Waals surface area contributed by atoms with Gasteiger partial charge in [0.15, 0.2) is 0 Å². The van der Waals surface area contributed by atoms with Crippen molar-refractivity contribution >= 4 is 5.91 Å². The van der Waals surface area contributed by atoms with E-state index in [9.17, 15) is 9.18 Å². The number of amides is 1. The molecule has 1 N–H and O–H groups in total. The summed E-state index contributed by atoms with van der Waals surface area (Å²) in [4.78, 5) is 11.2. The monoisotopic (exact) mass is 207 g/mol. The summed E-state index contributed by atoms with van der Waals surface area (Å²) in [5, 5.41) is 2.68. The molecule has 0 atom stereocenters. The summed E-state index contributed by atoms with van der Waals surface area (Å²) in [6.07, 6.45) is 2.68. The Morgan fingerprint density at radius 3 is 2.67 bits per heavy atom. The Labute approximate surface area is 88.8 Å². The van der Waals surface area contributed by atoms with E-state index < -0.39 is 0 Å². The normalized spacial score (nSPS) is 9.67. The number of hydrogen-bond acceptors (Lipinski definition) is 1. The Balaban J connectivity index is 2.33. The molecule has 0 saturated heterocycles. The average Bonchev–Trinajstić information content (AvgIpc) is 2.25. The van der Waals surface area contributed by atoms with Crippen LogP contribution >= 0.6 is 0 Å². The molecule has 1 aromatic rings. The summed E-state index contributed by atoms with van der Waals surface area (Å²) in [6, 6.07) is 6.18. The van der Waals surface area contributed by atoms with E-state index in [4.69, 9.17) is 0 Å². The van der Waals surface area contributed by atoms with E-state index in [0.29, 0.717) is 19.4 Å². The summed E-state index contributed by atoms with van der Waals surface area (Å²) in [5.74, 6) is -0.269. The average molecular weight is 207 g/mol. The highest BCUT2D eigenvalue weighted by Crippen LogP contribution is 2.05. The molecule has 1 aromatic carbocycles. The second-order valence-corrected chi connectivity index (χ2v) is 3.22. The van der Waals surface area contributed by atoms with Crippen molar-refractivity contribution in [1.82, 2.24) is 5.32 Å². The molecule has 0 fully saturated rings. The van der Waals surface area contributed by atoms with Crippen LogP contribution in [0.25, 0.3) is 0 Å². The minimum absolute atomic E-state index is 0.0146. The number of benzene rings is 1. The van der Waals surface area contributed by atoms with E-state index in [-0.39, 0.29) is 11.7 Å². The molecule has 0 aliphatic rings. The van der Waals surface area contributed by atoms with Crippen molar-refractivity contribution in [2.75, 3.05) is 6.54 Å². The molecule has 0 unspecified atom stereocenters. The smallest absolute Gasteiger partial charge is 0.220 e. The van der Waals surface area contributed by atoms with Crippen molar-refractivity contribution in [2.24, 2.45) is 0 Å². The second kappa shape index (κ2) is 5.96. The van der Waals surface area contributed by atoms with Crippen LogP contribution in [0.3, 0.4) is 0 Å². The van der Waals surface area contributed by atoms with Gasteiger partial charge in [-0.25, -0.2) is 4.39 Å². The van der Waals surface area contributed by atoms with Crippen molar-refractivity contribution in [3.8, 4) is 0 Å². The quantitative estimate of drug-likeness (QED) is 0.736. The van der Waals surface area contributed by atoms with Crippen LogP contribution in [0, 0.1) is 5.82 Å². The third kappa shape index (κ3) is 4.40. The first-order chi connectivity index (χ1) is 7.22. The van der Waals surface area contributed by atoms with Crippen molar-refractivity contribution in [3.63, 3.8) is 0 Å². The van der Waals surface area contributed by atoms with E-state index in [1.807, 2.05) is 0 Å². The predicted octanol–water partition coefficient (Wildman–Crippen LogP) is 2.06. The van der Waals surface area contributed by atoms with Gasteiger partial charge in [0.2, 0.25) is 5.91 Å². The molecule has 0 radical (unpaired) electrons. The summed E-state index contributed by atoms with van der Waals surface area (Å²) in [6.45, 7) is 3.99. The Kier molecular flexibility index (Phi) is 4.54. The summed E-state index contributed by atoms with van der Waals surface area (Å²) >= 11 is 0. The van der Waals surface area contributed by atoms with E-state index in [1.165, 1.54) is 12.1 Å². The van der Waals surface area contributed by atoms with Crippen molar-refractivity contribution in [3.05, 3.63) is 48.3 Å². The summed E-state index contributed by atoms with van der Waals surface area (Å²) in [5.41, 5.74) is 0.963. The Morgan fingerprint density at radius 1 is 1.40 bits per heavy atom. The van der Waals surface area contributed by atoms with Crippen molar-refractivity contribution in [1.29, 1.82) is 0 Å². The number of carbonyl (C=O) groups excluding carboxylic acids is 1. The highest BCUT2D eigenvalue weighted by Gasteiger charge is 2.00. The largest absolute Gasteiger partial charge is 0.353 e. The zero-order chi connectivity index (χ0) is 11.1. The Hall–Kier alpha value is -1.64. The topological polar surface area (TPSA) is 29.1 Å². The molecule has 15 heavy (non-hydrogen) atoms. The molecule has 0 aliphatic heterocycles. The van der Waals surface area contributed by atoms with Gasteiger partial charge in [0.25, 0.3) is 0 Å². The molecule has 1 rings (SSSR count). The molecule has 2 nitrogen and oxygen atoms in total. The number of carbonyl (C=O) groups is 1. The lowest BCUT2D eigenvalue weighted by atomic mass is 10.1. The zero-order valence-electron chi connectivity index (χ0n) is 8.50. The number of aryl methyl sites for hydroxylation is 1. The lowest BCUT2D eigenvalue weighted by Crippen LogP contribution is -2.23. The molecule has 0 aliphatic carbocycles. The van der Waals surface area contributed by atoms with Gasteiger partial charge >= 0.3 is 0 Å². The fraction of sp³-hybridized carbons (Fsp3) is 0.250. The molecule has 0 spiro atoms. The van der Waals surface area contributed by atoms with Crippen molar-refractivity contribution < 1.29 is 9.18 Å². The molecule has 3 heteroatoms. The highest BCUT2D eigenvalue weighted by molar-refractivity contribution is 5.76. The van der Waals surface area contributed by atoms with Crippen LogP contribution in [0.5, 0.6) is 0 Å². The van der Waals surface area contributed by atoms with E-state index >= 15 is 0 Å². The summed E-state index contributed by atoms with van der Waals surface area (Å²) in [7, 11) is 0. The third-order valence-electron chi connectivity index (χ3n) is 2.00. The Bertz CT molecular complexity index is 332. The maximum Gasteiger partial charge on any atom is 0.220 e. The first kappa shape index (κ1) is 11.4. The van der Waals surface area contributed by atoms with Gasteiger partial charge in [-0.3, -0.25) is 4.79 Å². The summed E-state index contributed by atoms with van der Waals surface area (Å²) < 4.78 is 12.6. The Morgan fingerprint density at radius 2 is 2.07 bits per heavy atom. The lowest BCUT2D eigenvalue weighted by Gasteiger charge is -2.02. The molecule has 0 saturated carbocycles. The van der Waals surface area contributed by atoms with Gasteiger partial charge in [0.1, 0.15) is 5.82 Å². The number of halogens is 1. The van der Waals surface area contributed by atoms with Crippen LogP contribution in [-0.2, 0) is 11.2 Å². The highest BCUT2D eigenvalue weighted by atomic mass is 19.1. The number of nitrogens with one attached hydrogen (secondary N) is 1. The predicted molar refractivity (Wildman–Crippen MR) is 57.9 cm³/mol. The van der Waals surface area contributed by atoms with Crippen molar-refractivity contribution in [2.45, 2.75) is 12.8 Å². The zero-order valence-corrected chi connectivity index (χ0v) is 8.50. The van der Waals surface area contributed by atoms with Crippen LogP contribution in [-0.4, -0.2) is 12.5 Å². The molecular weight excluding hydrogens is 193 g/mol. The lowest BCUT2D eigenvalue weighted by molar-refractivity contribution is -0.120. The van der Waals surface area contributed by atoms with Gasteiger partial charge in [-0.1, -0.05) is 18.2 Å². The van der Waals surface area contributed by atoms with E-state index in [2.05, 4.69) is 11.9 Å². The number of rotatable bonds is 5. The third-order valence-corrected chi connectivity index (χ3v) is 2.00. The molecule has 80 valence electrons. The van der Waals surface area contributed by atoms with Gasteiger partial charge in [-0.15, -0.1) is 6.58 Å². The van der Waals surface area contributed by atoms with E-state index in [1.54, 1.807) is 18.2 Å². The van der Waals surface area contributed by atoms with Gasteiger partial charge in [0, 0.05) is 13.0 Å². The molecular formula is C12H14FNO. The van der Waals surface area contributed by atoms with Crippen LogP contribution in [0.2, 0.25) is 0 Å². The first-order valence-corrected chi connectivity index (χ1v) is 4.84. The molecule has 0 heterocycles. The van der Waals surface area contributed by atoms with Gasteiger partial charge in [0.05, 0.1) is 0 Å². The van der Waals surface area contributed by atoms with Gasteiger partial charge in [-0.05, 0) is 24.1 Å². The maximum absolute atomic E-state index is 12.6. The first-order valence-electron chi connectivity index (χ1n) is 4.84. The van der Waals surface area contributed by atoms with Crippen LogP contribution in [0.4, 0.5) is 4.39 Å².